The fraction of sp³-hybridized carbons (Fsp3) is 0.611. The van der Waals surface area contributed by atoms with Crippen LogP contribution in [0.1, 0.15) is 32.8 Å². The Labute approximate surface area is 183 Å². The van der Waals surface area contributed by atoms with Gasteiger partial charge in [-0.25, -0.2) is 9.78 Å². The van der Waals surface area contributed by atoms with Crippen molar-refractivity contribution in [3.63, 3.8) is 0 Å². The quantitative estimate of drug-likeness (QED) is 0.282. The standard InChI is InChI=1S/C18H28ClN5O2.HI/c1-18(2,3)26-17(25)23-14-8-10-24(12-14)16(20-4)21-9-7-13-5-6-15(19)22-11-13;/h5-6,11,14H,7-10,12H2,1-4H3,(H,20,21)(H,23,25);1H/t14-;/m1./s1. The van der Waals surface area contributed by atoms with E-state index in [2.05, 4.69) is 25.5 Å². The van der Waals surface area contributed by atoms with Crippen LogP contribution in [0.15, 0.2) is 23.3 Å². The van der Waals surface area contributed by atoms with Crippen LogP contribution < -0.4 is 10.6 Å². The molecule has 2 N–H and O–H groups in total. The molecule has 0 bridgehead atoms. The lowest BCUT2D eigenvalue weighted by atomic mass is 10.2. The minimum Gasteiger partial charge on any atom is -0.444 e. The van der Waals surface area contributed by atoms with Crippen LogP contribution in [0.5, 0.6) is 0 Å². The van der Waals surface area contributed by atoms with Gasteiger partial charge in [0.25, 0.3) is 0 Å². The molecule has 2 rings (SSSR count). The molecule has 27 heavy (non-hydrogen) atoms. The maximum absolute atomic E-state index is 11.9. The van der Waals surface area contributed by atoms with E-state index in [1.165, 1.54) is 0 Å². The van der Waals surface area contributed by atoms with E-state index >= 15 is 0 Å². The molecule has 0 radical (unpaired) electrons. The zero-order valence-corrected chi connectivity index (χ0v) is 19.4. The number of hydrogen-bond acceptors (Lipinski definition) is 4. The van der Waals surface area contributed by atoms with Gasteiger partial charge in [0.15, 0.2) is 5.96 Å². The average molecular weight is 510 g/mol. The van der Waals surface area contributed by atoms with Crippen LogP contribution in [-0.2, 0) is 11.2 Å². The average Bonchev–Trinajstić information content (AvgIpc) is 2.99. The molecule has 9 heteroatoms. The summed E-state index contributed by atoms with van der Waals surface area (Å²) in [4.78, 5) is 22.5. The van der Waals surface area contributed by atoms with E-state index in [4.69, 9.17) is 16.3 Å². The Morgan fingerprint density at radius 3 is 2.78 bits per heavy atom. The van der Waals surface area contributed by atoms with Crippen LogP contribution in [0.4, 0.5) is 4.79 Å². The Balaban J connectivity index is 0.00000364. The summed E-state index contributed by atoms with van der Waals surface area (Å²) in [5, 5.41) is 6.78. The second-order valence-electron chi connectivity index (χ2n) is 7.29. The molecule has 1 aliphatic heterocycles. The summed E-state index contributed by atoms with van der Waals surface area (Å²) in [5.41, 5.74) is 0.625. The van der Waals surface area contributed by atoms with Gasteiger partial charge in [0.1, 0.15) is 10.8 Å². The van der Waals surface area contributed by atoms with Crippen molar-refractivity contribution in [3.05, 3.63) is 29.0 Å². The Morgan fingerprint density at radius 1 is 1.44 bits per heavy atom. The number of nitrogens with one attached hydrogen (secondary N) is 2. The number of carbonyl (C=O) groups is 1. The van der Waals surface area contributed by atoms with Gasteiger partial charge in [0.05, 0.1) is 6.04 Å². The number of rotatable bonds is 4. The number of amides is 1. The van der Waals surface area contributed by atoms with Crippen molar-refractivity contribution in [3.8, 4) is 0 Å². The fourth-order valence-electron chi connectivity index (χ4n) is 2.75. The lowest BCUT2D eigenvalue weighted by Crippen LogP contribution is -2.44. The van der Waals surface area contributed by atoms with Crippen molar-refractivity contribution in [2.75, 3.05) is 26.7 Å². The molecule has 0 aliphatic carbocycles. The van der Waals surface area contributed by atoms with Gasteiger partial charge < -0.3 is 20.3 Å². The first-order valence-corrected chi connectivity index (χ1v) is 9.20. The number of carbonyl (C=O) groups excluding carboxylic acids is 1. The van der Waals surface area contributed by atoms with E-state index in [-0.39, 0.29) is 36.1 Å². The summed E-state index contributed by atoms with van der Waals surface area (Å²) in [6, 6.07) is 3.82. The summed E-state index contributed by atoms with van der Waals surface area (Å²) in [7, 11) is 1.76. The molecule has 2 heterocycles. The van der Waals surface area contributed by atoms with Gasteiger partial charge >= 0.3 is 6.09 Å². The number of likely N-dealkylation sites (tertiary alicyclic amines) is 1. The van der Waals surface area contributed by atoms with Crippen molar-refractivity contribution in [2.24, 2.45) is 4.99 Å². The highest BCUT2D eigenvalue weighted by molar-refractivity contribution is 14.0. The summed E-state index contributed by atoms with van der Waals surface area (Å²) in [5.74, 6) is 0.834. The molecule has 0 aromatic carbocycles. The van der Waals surface area contributed by atoms with E-state index < -0.39 is 5.60 Å². The van der Waals surface area contributed by atoms with Gasteiger partial charge in [-0.05, 0) is 45.2 Å². The summed E-state index contributed by atoms with van der Waals surface area (Å²) < 4.78 is 5.31. The molecule has 1 aromatic rings. The van der Waals surface area contributed by atoms with Gasteiger partial charge in [-0.2, -0.15) is 0 Å². The van der Waals surface area contributed by atoms with Crippen LogP contribution in [0.25, 0.3) is 0 Å². The zero-order chi connectivity index (χ0) is 19.2. The predicted molar refractivity (Wildman–Crippen MR) is 119 cm³/mol. The predicted octanol–water partition coefficient (Wildman–Crippen LogP) is 3.07. The minimum atomic E-state index is -0.490. The molecule has 1 fully saturated rings. The number of nitrogens with zero attached hydrogens (tertiary/aromatic N) is 3. The molecule has 1 saturated heterocycles. The van der Waals surface area contributed by atoms with Gasteiger partial charge in [0, 0.05) is 32.9 Å². The Morgan fingerprint density at radius 2 is 2.19 bits per heavy atom. The highest BCUT2D eigenvalue weighted by atomic mass is 127. The van der Waals surface area contributed by atoms with E-state index in [0.29, 0.717) is 11.7 Å². The first-order chi connectivity index (χ1) is 12.3. The monoisotopic (exact) mass is 509 g/mol. The van der Waals surface area contributed by atoms with Crippen molar-refractivity contribution in [1.82, 2.24) is 20.5 Å². The van der Waals surface area contributed by atoms with Gasteiger partial charge in [-0.15, -0.1) is 24.0 Å². The smallest absolute Gasteiger partial charge is 0.407 e. The van der Waals surface area contributed by atoms with Crippen molar-refractivity contribution in [2.45, 2.75) is 45.3 Å². The maximum atomic E-state index is 11.9. The first-order valence-electron chi connectivity index (χ1n) is 8.82. The molecule has 152 valence electrons. The Hall–Kier alpha value is -1.29. The number of alkyl carbamates (subject to hydrolysis) is 1. The summed E-state index contributed by atoms with van der Waals surface area (Å²) in [6.45, 7) is 7.86. The second kappa shape index (κ2) is 10.9. The lowest BCUT2D eigenvalue weighted by molar-refractivity contribution is 0.0507. The Kier molecular flexibility index (Phi) is 9.58. The third kappa shape index (κ3) is 8.50. The molecule has 7 nitrogen and oxygen atoms in total. The molecule has 0 saturated carbocycles. The zero-order valence-electron chi connectivity index (χ0n) is 16.3. The fourth-order valence-corrected chi connectivity index (χ4v) is 2.86. The van der Waals surface area contributed by atoms with Crippen LogP contribution in [0.2, 0.25) is 5.15 Å². The number of aliphatic imine (C=N–C) groups is 1. The molecular formula is C18H29ClIN5O2. The maximum Gasteiger partial charge on any atom is 0.407 e. The van der Waals surface area contributed by atoms with E-state index in [0.717, 1.165) is 37.5 Å². The van der Waals surface area contributed by atoms with Crippen LogP contribution in [0, 0.1) is 0 Å². The van der Waals surface area contributed by atoms with Crippen LogP contribution >= 0.6 is 35.6 Å². The molecule has 0 unspecified atom stereocenters. The SMILES string of the molecule is CN=C(NCCc1ccc(Cl)nc1)N1CC[C@@H](NC(=O)OC(C)(C)C)C1.I. The first kappa shape index (κ1) is 23.7. The number of aromatic nitrogens is 1. The Bertz CT molecular complexity index is 634. The third-order valence-corrected chi connectivity index (χ3v) is 4.13. The highest BCUT2D eigenvalue weighted by Crippen LogP contribution is 2.12. The van der Waals surface area contributed by atoms with Crippen molar-refractivity contribution in [1.29, 1.82) is 0 Å². The number of halogens is 2. The van der Waals surface area contributed by atoms with E-state index in [9.17, 15) is 4.79 Å². The van der Waals surface area contributed by atoms with Gasteiger partial charge in [0.2, 0.25) is 0 Å². The van der Waals surface area contributed by atoms with E-state index in [1.807, 2.05) is 26.8 Å². The molecule has 1 aliphatic rings. The third-order valence-electron chi connectivity index (χ3n) is 3.91. The number of hydrogen-bond donors (Lipinski definition) is 2. The highest BCUT2D eigenvalue weighted by Gasteiger charge is 2.27. The van der Waals surface area contributed by atoms with E-state index in [1.54, 1.807) is 19.3 Å². The minimum absolute atomic E-state index is 0. The molecule has 0 spiro atoms. The number of ether oxygens (including phenoxy) is 1. The lowest BCUT2D eigenvalue weighted by Gasteiger charge is -2.23. The van der Waals surface area contributed by atoms with Crippen LogP contribution in [-0.4, -0.2) is 60.3 Å². The largest absolute Gasteiger partial charge is 0.444 e. The summed E-state index contributed by atoms with van der Waals surface area (Å²) >= 11 is 5.80. The van der Waals surface area contributed by atoms with Crippen molar-refractivity contribution < 1.29 is 9.53 Å². The van der Waals surface area contributed by atoms with Crippen LogP contribution in [0.3, 0.4) is 0 Å². The van der Waals surface area contributed by atoms with Gasteiger partial charge in [-0.3, -0.25) is 4.99 Å². The number of guanidine groups is 1. The molecule has 1 atom stereocenters. The number of pyridine rings is 1. The molecule has 1 amide bonds. The van der Waals surface area contributed by atoms with Crippen molar-refractivity contribution >= 4 is 47.6 Å². The second-order valence-corrected chi connectivity index (χ2v) is 7.68. The molecular weight excluding hydrogens is 481 g/mol. The summed E-state index contributed by atoms with van der Waals surface area (Å²) in [6.07, 6.45) is 3.10. The van der Waals surface area contributed by atoms with Gasteiger partial charge in [-0.1, -0.05) is 17.7 Å². The molecule has 1 aromatic heterocycles. The normalized spacial score (nSPS) is 17.3. The topological polar surface area (TPSA) is 78.9 Å².